The molecule has 0 atom stereocenters. The van der Waals surface area contributed by atoms with E-state index in [1.165, 1.54) is 0 Å². The van der Waals surface area contributed by atoms with Gasteiger partial charge in [0.1, 0.15) is 0 Å². The number of piperidine rings is 1. The van der Waals surface area contributed by atoms with Crippen molar-refractivity contribution < 1.29 is 4.74 Å². The van der Waals surface area contributed by atoms with Gasteiger partial charge in [0.2, 0.25) is 0 Å². The predicted molar refractivity (Wildman–Crippen MR) is 54.7 cm³/mol. The van der Waals surface area contributed by atoms with Gasteiger partial charge in [0.15, 0.2) is 0 Å². The highest BCUT2D eigenvalue weighted by Gasteiger charge is 2.22. The van der Waals surface area contributed by atoms with E-state index in [1.807, 2.05) is 0 Å². The van der Waals surface area contributed by atoms with Crippen molar-refractivity contribution in [1.82, 2.24) is 4.90 Å². The molecule has 1 saturated heterocycles. The second-order valence-electron chi connectivity index (χ2n) is 4.70. The maximum atomic E-state index is 5.96. The molecule has 0 spiro atoms. The minimum absolute atomic E-state index is 0.0695. The molecule has 1 aliphatic rings. The quantitative estimate of drug-likeness (QED) is 0.709. The fourth-order valence-corrected chi connectivity index (χ4v) is 1.88. The number of ether oxygens (including phenoxy) is 1. The summed E-state index contributed by atoms with van der Waals surface area (Å²) in [7, 11) is 1.80. The summed E-state index contributed by atoms with van der Waals surface area (Å²) in [4.78, 5) is 2.43. The zero-order valence-electron chi connectivity index (χ0n) is 9.05. The van der Waals surface area contributed by atoms with Crippen LogP contribution in [0.1, 0.15) is 26.7 Å². The first kappa shape index (κ1) is 11.0. The van der Waals surface area contributed by atoms with Crippen molar-refractivity contribution in [2.75, 3.05) is 26.7 Å². The Kier molecular flexibility index (Phi) is 3.71. The lowest BCUT2D eigenvalue weighted by molar-refractivity contribution is 0.0362. The Morgan fingerprint density at radius 2 is 1.92 bits per heavy atom. The standard InChI is InChI=1S/C10H22N2O/c1-10(2,11)8-12-6-4-9(13-3)5-7-12/h9H,4-8,11H2,1-3H3. The molecule has 0 aliphatic carbocycles. The van der Waals surface area contributed by atoms with E-state index in [0.717, 1.165) is 32.5 Å². The topological polar surface area (TPSA) is 38.5 Å². The molecule has 0 aromatic carbocycles. The third-order valence-corrected chi connectivity index (χ3v) is 2.50. The van der Waals surface area contributed by atoms with Gasteiger partial charge in [0.25, 0.3) is 0 Å². The zero-order chi connectivity index (χ0) is 9.90. The molecule has 1 fully saturated rings. The predicted octanol–water partition coefficient (Wildman–Crippen LogP) is 0.834. The van der Waals surface area contributed by atoms with Gasteiger partial charge in [-0.1, -0.05) is 0 Å². The first-order chi connectivity index (χ1) is 6.01. The summed E-state index contributed by atoms with van der Waals surface area (Å²) < 4.78 is 5.31. The van der Waals surface area contributed by atoms with Gasteiger partial charge in [-0.15, -0.1) is 0 Å². The number of nitrogens with two attached hydrogens (primary N) is 1. The minimum Gasteiger partial charge on any atom is -0.381 e. The SMILES string of the molecule is COC1CCN(CC(C)(C)N)CC1. The van der Waals surface area contributed by atoms with Crippen molar-refractivity contribution in [2.45, 2.75) is 38.3 Å². The average molecular weight is 186 g/mol. The molecule has 1 heterocycles. The van der Waals surface area contributed by atoms with Crippen LogP contribution in [-0.4, -0.2) is 43.3 Å². The van der Waals surface area contributed by atoms with Crippen molar-refractivity contribution in [2.24, 2.45) is 5.73 Å². The number of methoxy groups -OCH3 is 1. The maximum absolute atomic E-state index is 5.96. The van der Waals surface area contributed by atoms with Gasteiger partial charge in [0.05, 0.1) is 6.10 Å². The Labute approximate surface area is 81.2 Å². The lowest BCUT2D eigenvalue weighted by atomic mass is 10.0. The van der Waals surface area contributed by atoms with Gasteiger partial charge in [-0.2, -0.15) is 0 Å². The Bertz CT molecular complexity index is 145. The molecule has 3 nitrogen and oxygen atoms in total. The van der Waals surface area contributed by atoms with Crippen LogP contribution in [-0.2, 0) is 4.74 Å². The fraction of sp³-hybridized carbons (Fsp3) is 1.00. The minimum atomic E-state index is -0.0695. The molecule has 0 amide bonds. The van der Waals surface area contributed by atoms with E-state index in [1.54, 1.807) is 7.11 Å². The lowest BCUT2D eigenvalue weighted by Crippen LogP contribution is -2.48. The molecule has 0 unspecified atom stereocenters. The van der Waals surface area contributed by atoms with Crippen molar-refractivity contribution in [1.29, 1.82) is 0 Å². The van der Waals surface area contributed by atoms with Gasteiger partial charge in [-0.25, -0.2) is 0 Å². The van der Waals surface area contributed by atoms with E-state index >= 15 is 0 Å². The molecule has 3 heteroatoms. The van der Waals surface area contributed by atoms with E-state index in [0.29, 0.717) is 6.10 Å². The smallest absolute Gasteiger partial charge is 0.0595 e. The Morgan fingerprint density at radius 3 is 2.31 bits per heavy atom. The summed E-state index contributed by atoms with van der Waals surface area (Å²) in [6.07, 6.45) is 2.76. The van der Waals surface area contributed by atoms with Crippen molar-refractivity contribution >= 4 is 0 Å². The summed E-state index contributed by atoms with van der Waals surface area (Å²) >= 11 is 0. The Morgan fingerprint density at radius 1 is 1.38 bits per heavy atom. The molecule has 0 aromatic heterocycles. The van der Waals surface area contributed by atoms with Gasteiger partial charge in [-0.3, -0.25) is 0 Å². The Hall–Kier alpha value is -0.120. The van der Waals surface area contributed by atoms with Crippen LogP contribution in [0.25, 0.3) is 0 Å². The molecular weight excluding hydrogens is 164 g/mol. The van der Waals surface area contributed by atoms with E-state index in [4.69, 9.17) is 10.5 Å². The van der Waals surface area contributed by atoms with E-state index in [-0.39, 0.29) is 5.54 Å². The number of hydrogen-bond donors (Lipinski definition) is 1. The monoisotopic (exact) mass is 186 g/mol. The van der Waals surface area contributed by atoms with E-state index in [2.05, 4.69) is 18.7 Å². The van der Waals surface area contributed by atoms with Gasteiger partial charge in [0, 0.05) is 32.3 Å². The van der Waals surface area contributed by atoms with Crippen molar-refractivity contribution in [3.63, 3.8) is 0 Å². The molecule has 0 radical (unpaired) electrons. The molecule has 1 rings (SSSR count). The highest BCUT2D eigenvalue weighted by atomic mass is 16.5. The highest BCUT2D eigenvalue weighted by Crippen LogP contribution is 2.14. The summed E-state index contributed by atoms with van der Waals surface area (Å²) in [6, 6.07) is 0. The summed E-state index contributed by atoms with van der Waals surface area (Å²) in [5.41, 5.74) is 5.89. The van der Waals surface area contributed by atoms with Crippen LogP contribution in [0.4, 0.5) is 0 Å². The molecule has 2 N–H and O–H groups in total. The normalized spacial score (nSPS) is 22.2. The van der Waals surface area contributed by atoms with E-state index < -0.39 is 0 Å². The summed E-state index contributed by atoms with van der Waals surface area (Å²) in [5, 5.41) is 0. The molecule has 78 valence electrons. The largest absolute Gasteiger partial charge is 0.381 e. The zero-order valence-corrected chi connectivity index (χ0v) is 9.05. The van der Waals surface area contributed by atoms with Crippen LogP contribution in [0.5, 0.6) is 0 Å². The van der Waals surface area contributed by atoms with Crippen LogP contribution < -0.4 is 5.73 Å². The van der Waals surface area contributed by atoms with Crippen LogP contribution >= 0.6 is 0 Å². The second kappa shape index (κ2) is 4.40. The number of likely N-dealkylation sites (tertiary alicyclic amines) is 1. The molecule has 0 aromatic rings. The number of hydrogen-bond acceptors (Lipinski definition) is 3. The first-order valence-electron chi connectivity index (χ1n) is 5.05. The summed E-state index contributed by atoms with van der Waals surface area (Å²) in [6.45, 7) is 7.40. The molecule has 13 heavy (non-hydrogen) atoms. The van der Waals surface area contributed by atoms with Crippen LogP contribution in [0.15, 0.2) is 0 Å². The second-order valence-corrected chi connectivity index (χ2v) is 4.70. The third kappa shape index (κ3) is 4.07. The molecular formula is C10H22N2O. The lowest BCUT2D eigenvalue weighted by Gasteiger charge is -2.35. The van der Waals surface area contributed by atoms with Crippen molar-refractivity contribution in [3.8, 4) is 0 Å². The summed E-state index contributed by atoms with van der Waals surface area (Å²) in [5.74, 6) is 0. The highest BCUT2D eigenvalue weighted by molar-refractivity contribution is 4.80. The molecule has 0 saturated carbocycles. The fourth-order valence-electron chi connectivity index (χ4n) is 1.88. The number of rotatable bonds is 3. The van der Waals surface area contributed by atoms with E-state index in [9.17, 15) is 0 Å². The Balaban J connectivity index is 2.25. The van der Waals surface area contributed by atoms with Gasteiger partial charge < -0.3 is 15.4 Å². The molecule has 0 bridgehead atoms. The number of nitrogens with zero attached hydrogens (tertiary/aromatic N) is 1. The third-order valence-electron chi connectivity index (χ3n) is 2.50. The first-order valence-corrected chi connectivity index (χ1v) is 5.05. The van der Waals surface area contributed by atoms with Crippen LogP contribution in [0.3, 0.4) is 0 Å². The van der Waals surface area contributed by atoms with Gasteiger partial charge >= 0.3 is 0 Å². The maximum Gasteiger partial charge on any atom is 0.0595 e. The van der Waals surface area contributed by atoms with Crippen LogP contribution in [0.2, 0.25) is 0 Å². The van der Waals surface area contributed by atoms with Crippen LogP contribution in [0, 0.1) is 0 Å². The van der Waals surface area contributed by atoms with Crippen molar-refractivity contribution in [3.05, 3.63) is 0 Å². The molecule has 1 aliphatic heterocycles. The average Bonchev–Trinajstić information content (AvgIpc) is 2.03. The van der Waals surface area contributed by atoms with Gasteiger partial charge in [-0.05, 0) is 26.7 Å².